The van der Waals surface area contributed by atoms with Crippen LogP contribution < -0.4 is 5.32 Å². The van der Waals surface area contributed by atoms with Gasteiger partial charge >= 0.3 is 6.09 Å². The monoisotopic (exact) mass is 846 g/mol. The van der Waals surface area contributed by atoms with E-state index in [0.717, 1.165) is 78.9 Å². The van der Waals surface area contributed by atoms with E-state index in [-0.39, 0.29) is 29.9 Å². The first-order valence-electron chi connectivity index (χ1n) is 21.8. The highest BCUT2D eigenvalue weighted by atomic mass is 16.5. The van der Waals surface area contributed by atoms with Crippen LogP contribution in [0.1, 0.15) is 72.6 Å². The topological polar surface area (TPSA) is 169 Å². The van der Waals surface area contributed by atoms with Gasteiger partial charge in [-0.3, -0.25) is 14.5 Å². The second-order valence-electron chi connectivity index (χ2n) is 16.7. The van der Waals surface area contributed by atoms with Crippen molar-refractivity contribution in [3.8, 4) is 22.8 Å². The quantitative estimate of drug-likeness (QED) is 0.128. The van der Waals surface area contributed by atoms with E-state index < -0.39 is 12.1 Å². The van der Waals surface area contributed by atoms with Crippen molar-refractivity contribution in [2.45, 2.75) is 49.9 Å². The average Bonchev–Trinajstić information content (AvgIpc) is 4.18. The molecule has 15 nitrogen and oxygen atoms in total. The van der Waals surface area contributed by atoms with E-state index >= 15 is 0 Å². The Morgan fingerprint density at radius 2 is 1.41 bits per heavy atom. The van der Waals surface area contributed by atoms with Crippen molar-refractivity contribution in [2.75, 3.05) is 53.4 Å². The van der Waals surface area contributed by atoms with Gasteiger partial charge in [0.1, 0.15) is 29.2 Å². The number of rotatable bonds is 10. The van der Waals surface area contributed by atoms with E-state index in [1.54, 1.807) is 11.1 Å². The number of para-hydroxylation sites is 1. The number of nitrogens with zero attached hydrogens (tertiary/aromatic N) is 7. The first-order chi connectivity index (χ1) is 30.8. The van der Waals surface area contributed by atoms with Gasteiger partial charge in [-0.1, -0.05) is 66.7 Å². The molecular formula is C48H50N10O5. The lowest BCUT2D eigenvalue weighted by Gasteiger charge is -2.39. The zero-order valence-corrected chi connectivity index (χ0v) is 35.4. The van der Waals surface area contributed by atoms with Crippen molar-refractivity contribution in [1.29, 1.82) is 0 Å². The molecule has 3 N–H and O–H groups in total. The molecule has 1 unspecified atom stereocenters. The molecule has 3 fully saturated rings. The SMILES string of the molecule is COC(=O)NC(C(=O)N1CCC[C@H]1c1nc2c(-c3ncc(-c4ccc5nc([C@@H]6CCCN6C(=O)[C@@H](c6ccccc6)N6CCN(C)CC6)[nH]c5c4)o3)cccc2[nH]1)c1ccccc1. The third kappa shape index (κ3) is 7.82. The number of H-pyrrole nitrogens is 2. The number of piperazine rings is 1. The Morgan fingerprint density at radius 1 is 0.746 bits per heavy atom. The highest BCUT2D eigenvalue weighted by Crippen LogP contribution is 2.39. The number of ether oxygens (including phenoxy) is 1. The largest absolute Gasteiger partial charge is 0.453 e. The number of carbonyl (C=O) groups excluding carboxylic acids is 3. The number of aromatic amines is 2. The summed E-state index contributed by atoms with van der Waals surface area (Å²) in [6, 6.07) is 29.4. The Hall–Kier alpha value is -6.84. The van der Waals surface area contributed by atoms with Gasteiger partial charge in [0.2, 0.25) is 11.8 Å². The standard InChI is InChI=1S/C48H50N10O5/c1-55-24-26-56(27-25-55)42(31-14-7-4-8-15-31)47(60)58-23-11-18-37(58)43-50-34-21-20-32(28-36(34)52-43)39-29-49-45(63-39)33-16-9-17-35-41(33)53-44(51-35)38-19-10-22-57(38)46(59)40(54-48(61)62-2)30-12-5-3-6-13-30/h3-9,12-17,20-21,28-29,37-38,40,42H,10-11,18-19,22-27H2,1-2H3,(H,50,52)(H,51,53)(H,54,61)/t37-,38-,40?,42+/m0/s1. The lowest BCUT2D eigenvalue weighted by molar-refractivity contribution is -0.139. The Morgan fingerprint density at radius 3 is 2.13 bits per heavy atom. The first kappa shape index (κ1) is 40.2. The number of oxazole rings is 1. The zero-order chi connectivity index (χ0) is 43.0. The molecule has 63 heavy (non-hydrogen) atoms. The molecule has 4 atom stereocenters. The van der Waals surface area contributed by atoms with E-state index in [4.69, 9.17) is 24.1 Å². The number of methoxy groups -OCH3 is 1. The number of alkyl carbamates (subject to hydrolysis) is 1. The van der Waals surface area contributed by atoms with Crippen molar-refractivity contribution in [2.24, 2.45) is 0 Å². The summed E-state index contributed by atoms with van der Waals surface area (Å²) in [5.74, 6) is 2.33. The molecule has 3 aliphatic rings. The maximum absolute atomic E-state index is 14.6. The summed E-state index contributed by atoms with van der Waals surface area (Å²) in [7, 11) is 3.41. The molecule has 15 heteroatoms. The highest BCUT2D eigenvalue weighted by molar-refractivity contribution is 5.91. The fourth-order valence-corrected chi connectivity index (χ4v) is 9.54. The number of nitrogens with one attached hydrogen (secondary N) is 3. The molecule has 0 saturated carbocycles. The van der Waals surface area contributed by atoms with Crippen LogP contribution in [0.15, 0.2) is 108 Å². The molecule has 0 radical (unpaired) electrons. The summed E-state index contributed by atoms with van der Waals surface area (Å²) < 4.78 is 11.3. The minimum atomic E-state index is -0.913. The van der Waals surface area contributed by atoms with Gasteiger partial charge in [0, 0.05) is 44.8 Å². The maximum atomic E-state index is 14.6. The second-order valence-corrected chi connectivity index (χ2v) is 16.7. The van der Waals surface area contributed by atoms with E-state index in [1.165, 1.54) is 7.11 Å². The van der Waals surface area contributed by atoms with Crippen LogP contribution in [0.25, 0.3) is 44.8 Å². The number of amides is 3. The summed E-state index contributed by atoms with van der Waals surface area (Å²) in [6.45, 7) is 4.74. The van der Waals surface area contributed by atoms with Gasteiger partial charge in [0.25, 0.3) is 5.91 Å². The average molecular weight is 847 g/mol. The highest BCUT2D eigenvalue weighted by Gasteiger charge is 2.40. The normalized spacial score (nSPS) is 19.5. The molecule has 7 aromatic rings. The fourth-order valence-electron chi connectivity index (χ4n) is 9.54. The number of hydrogen-bond donors (Lipinski definition) is 3. The molecule has 3 saturated heterocycles. The van der Waals surface area contributed by atoms with Gasteiger partial charge in [0.05, 0.1) is 47.5 Å². The number of carbonyl (C=O) groups is 3. The molecule has 322 valence electrons. The van der Waals surface area contributed by atoms with Crippen molar-refractivity contribution in [1.82, 2.24) is 49.8 Å². The molecule has 6 heterocycles. The lowest BCUT2D eigenvalue weighted by Crippen LogP contribution is -2.50. The summed E-state index contributed by atoms with van der Waals surface area (Å²) in [5, 5.41) is 2.73. The molecule has 4 aromatic carbocycles. The lowest BCUT2D eigenvalue weighted by atomic mass is 10.0. The third-order valence-electron chi connectivity index (χ3n) is 12.8. The number of likely N-dealkylation sites (N-methyl/N-ethyl adjacent to an activating group) is 1. The van der Waals surface area contributed by atoms with Crippen LogP contribution >= 0.6 is 0 Å². The molecule has 3 aliphatic heterocycles. The Labute approximate surface area is 364 Å². The Kier molecular flexibility index (Phi) is 10.9. The van der Waals surface area contributed by atoms with Crippen LogP contribution in [-0.4, -0.2) is 116 Å². The van der Waals surface area contributed by atoms with E-state index in [1.807, 2.05) is 89.8 Å². The number of imidazole rings is 2. The Balaban J connectivity index is 0.887. The zero-order valence-electron chi connectivity index (χ0n) is 35.4. The van der Waals surface area contributed by atoms with E-state index in [2.05, 4.69) is 44.3 Å². The summed E-state index contributed by atoms with van der Waals surface area (Å²) in [6.07, 6.45) is 4.28. The van der Waals surface area contributed by atoms with E-state index in [9.17, 15) is 14.4 Å². The third-order valence-corrected chi connectivity index (χ3v) is 12.8. The van der Waals surface area contributed by atoms with Crippen molar-refractivity contribution in [3.05, 3.63) is 126 Å². The van der Waals surface area contributed by atoms with Gasteiger partial charge in [-0.05, 0) is 74.2 Å². The van der Waals surface area contributed by atoms with Crippen LogP contribution in [0.4, 0.5) is 4.79 Å². The Bertz CT molecular complexity index is 2760. The first-order valence-corrected chi connectivity index (χ1v) is 21.8. The van der Waals surface area contributed by atoms with Gasteiger partial charge < -0.3 is 39.1 Å². The minimum absolute atomic E-state index is 0.126. The van der Waals surface area contributed by atoms with Crippen LogP contribution in [0, 0.1) is 0 Å². The molecule has 3 amide bonds. The fraction of sp³-hybridized carbons (Fsp3) is 0.333. The smallest absolute Gasteiger partial charge is 0.407 e. The maximum Gasteiger partial charge on any atom is 0.407 e. The molecule has 10 rings (SSSR count). The molecule has 0 bridgehead atoms. The molecule has 3 aromatic heterocycles. The molecule has 0 aliphatic carbocycles. The number of hydrogen-bond acceptors (Lipinski definition) is 10. The van der Waals surface area contributed by atoms with Gasteiger partial charge in [0.15, 0.2) is 5.76 Å². The second kappa shape index (κ2) is 17.1. The van der Waals surface area contributed by atoms with Gasteiger partial charge in [-0.25, -0.2) is 19.7 Å². The summed E-state index contributed by atoms with van der Waals surface area (Å²) in [4.78, 5) is 71.3. The van der Waals surface area contributed by atoms with Crippen molar-refractivity contribution in [3.63, 3.8) is 0 Å². The van der Waals surface area contributed by atoms with Crippen LogP contribution in [-0.2, 0) is 14.3 Å². The molecular weight excluding hydrogens is 797 g/mol. The summed E-state index contributed by atoms with van der Waals surface area (Å²) in [5.41, 5.74) is 6.38. The van der Waals surface area contributed by atoms with Crippen LogP contribution in [0.5, 0.6) is 0 Å². The number of fused-ring (bicyclic) bond motifs is 2. The molecule has 0 spiro atoms. The van der Waals surface area contributed by atoms with E-state index in [0.29, 0.717) is 53.6 Å². The van der Waals surface area contributed by atoms with Crippen LogP contribution in [0.2, 0.25) is 0 Å². The predicted molar refractivity (Wildman–Crippen MR) is 237 cm³/mol. The number of aromatic nitrogens is 5. The summed E-state index contributed by atoms with van der Waals surface area (Å²) >= 11 is 0. The van der Waals surface area contributed by atoms with Gasteiger partial charge in [-0.15, -0.1) is 0 Å². The van der Waals surface area contributed by atoms with Crippen LogP contribution in [0.3, 0.4) is 0 Å². The predicted octanol–water partition coefficient (Wildman–Crippen LogP) is 7.17. The van der Waals surface area contributed by atoms with Crippen molar-refractivity contribution >= 4 is 40.0 Å². The number of benzene rings is 4. The van der Waals surface area contributed by atoms with Crippen molar-refractivity contribution < 1.29 is 23.5 Å². The van der Waals surface area contributed by atoms with Gasteiger partial charge in [-0.2, -0.15) is 0 Å². The minimum Gasteiger partial charge on any atom is -0.453 e. The number of likely N-dealkylation sites (tertiary alicyclic amines) is 2.